The molecule has 0 aliphatic carbocycles. The average molecular weight is 269 g/mol. The largest absolute Gasteiger partial charge is 0.464 e. The van der Waals surface area contributed by atoms with E-state index in [1.165, 1.54) is 0 Å². The highest BCUT2D eigenvalue weighted by atomic mass is 16.5. The number of likely N-dealkylation sites (N-methyl/N-ethyl adjacent to an activating group) is 1. The fourth-order valence-corrected chi connectivity index (χ4v) is 1.81. The van der Waals surface area contributed by atoms with E-state index in [1.807, 2.05) is 11.9 Å². The molecule has 0 amide bonds. The summed E-state index contributed by atoms with van der Waals surface area (Å²) in [7, 11) is 1.91. The first-order valence-electron chi connectivity index (χ1n) is 6.73. The molecule has 1 saturated heterocycles. The van der Waals surface area contributed by atoms with Crippen molar-refractivity contribution >= 4 is 5.97 Å². The van der Waals surface area contributed by atoms with Crippen molar-refractivity contribution in [1.29, 1.82) is 5.26 Å². The second kappa shape index (κ2) is 9.73. The number of carbonyl (C=O) groups is 1. The molecule has 0 aromatic heterocycles. The van der Waals surface area contributed by atoms with Crippen LogP contribution in [0.5, 0.6) is 0 Å². The average Bonchev–Trinajstić information content (AvgIpc) is 2.44. The van der Waals surface area contributed by atoms with E-state index < -0.39 is 0 Å². The van der Waals surface area contributed by atoms with Crippen molar-refractivity contribution in [3.8, 4) is 6.07 Å². The zero-order valence-electron chi connectivity index (χ0n) is 11.6. The van der Waals surface area contributed by atoms with Crippen molar-refractivity contribution in [2.24, 2.45) is 0 Å². The first kappa shape index (κ1) is 15.9. The molecule has 108 valence electrons. The molecule has 6 heteroatoms. The minimum absolute atomic E-state index is 0.167. The summed E-state index contributed by atoms with van der Waals surface area (Å²) in [6.07, 6.45) is 1.93. The summed E-state index contributed by atoms with van der Waals surface area (Å²) in [5.41, 5.74) is 0. The predicted octanol–water partition coefficient (Wildman–Crippen LogP) is 0.445. The van der Waals surface area contributed by atoms with Gasteiger partial charge in [-0.1, -0.05) is 0 Å². The van der Waals surface area contributed by atoms with E-state index in [9.17, 15) is 4.79 Å². The van der Waals surface area contributed by atoms with E-state index >= 15 is 0 Å². The number of nitriles is 1. The lowest BCUT2D eigenvalue weighted by Gasteiger charge is -2.25. The molecule has 1 aliphatic rings. The Kier molecular flexibility index (Phi) is 8.14. The van der Waals surface area contributed by atoms with E-state index in [-0.39, 0.29) is 5.97 Å². The number of hydrogen-bond donors (Lipinski definition) is 0. The van der Waals surface area contributed by atoms with Gasteiger partial charge in [0.15, 0.2) is 0 Å². The Morgan fingerprint density at radius 2 is 2.37 bits per heavy atom. The Morgan fingerprint density at radius 1 is 1.53 bits per heavy atom. The number of esters is 1. The smallest absolute Gasteiger partial charge is 0.307 e. The Balaban J connectivity index is 1.99. The number of nitrogens with zero attached hydrogens (tertiary/aromatic N) is 3. The minimum Gasteiger partial charge on any atom is -0.464 e. The SMILES string of the molecule is CN(CCC#N)CCOC(=O)CCN1CCCOC1. The van der Waals surface area contributed by atoms with E-state index in [0.29, 0.717) is 45.8 Å². The van der Waals surface area contributed by atoms with Crippen LogP contribution in [0.2, 0.25) is 0 Å². The summed E-state index contributed by atoms with van der Waals surface area (Å²) >= 11 is 0. The molecule has 0 atom stereocenters. The monoisotopic (exact) mass is 269 g/mol. The van der Waals surface area contributed by atoms with Crippen LogP contribution >= 0.6 is 0 Å². The van der Waals surface area contributed by atoms with E-state index in [4.69, 9.17) is 14.7 Å². The quantitative estimate of drug-likeness (QED) is 0.596. The summed E-state index contributed by atoms with van der Waals surface area (Å²) in [5, 5.41) is 8.45. The maximum absolute atomic E-state index is 11.5. The van der Waals surface area contributed by atoms with Crippen molar-refractivity contribution in [2.45, 2.75) is 19.3 Å². The zero-order valence-corrected chi connectivity index (χ0v) is 11.6. The topological polar surface area (TPSA) is 65.8 Å². The number of hydrogen-bond acceptors (Lipinski definition) is 6. The predicted molar refractivity (Wildman–Crippen MR) is 70.3 cm³/mol. The van der Waals surface area contributed by atoms with Crippen LogP contribution in [0.4, 0.5) is 0 Å². The Morgan fingerprint density at radius 3 is 3.05 bits per heavy atom. The molecular weight excluding hydrogens is 246 g/mol. The summed E-state index contributed by atoms with van der Waals surface area (Å²) in [6, 6.07) is 2.09. The summed E-state index contributed by atoms with van der Waals surface area (Å²) in [4.78, 5) is 15.6. The van der Waals surface area contributed by atoms with Crippen molar-refractivity contribution < 1.29 is 14.3 Å². The number of ether oxygens (including phenoxy) is 2. The van der Waals surface area contributed by atoms with Crippen LogP contribution in [0.25, 0.3) is 0 Å². The fraction of sp³-hybridized carbons (Fsp3) is 0.846. The lowest BCUT2D eigenvalue weighted by molar-refractivity contribution is -0.144. The molecular formula is C13H23N3O3. The first-order valence-corrected chi connectivity index (χ1v) is 6.73. The normalized spacial score (nSPS) is 16.3. The van der Waals surface area contributed by atoms with Gasteiger partial charge in [0.05, 0.1) is 19.2 Å². The van der Waals surface area contributed by atoms with Gasteiger partial charge in [-0.05, 0) is 13.5 Å². The Bertz CT molecular complexity index is 298. The second-order valence-corrected chi connectivity index (χ2v) is 4.69. The molecule has 0 aromatic carbocycles. The van der Waals surface area contributed by atoms with Crippen LogP contribution in [-0.4, -0.2) is 68.9 Å². The standard InChI is InChI=1S/C13H23N3O3/c1-15(6-2-5-14)9-11-19-13(17)4-8-16-7-3-10-18-12-16/h2-4,6-12H2,1H3. The minimum atomic E-state index is -0.167. The van der Waals surface area contributed by atoms with Gasteiger partial charge in [-0.15, -0.1) is 0 Å². The van der Waals surface area contributed by atoms with Gasteiger partial charge in [-0.2, -0.15) is 5.26 Å². The highest BCUT2D eigenvalue weighted by Crippen LogP contribution is 2.02. The molecule has 1 heterocycles. The van der Waals surface area contributed by atoms with Crippen molar-refractivity contribution in [3.63, 3.8) is 0 Å². The van der Waals surface area contributed by atoms with Crippen LogP contribution in [-0.2, 0) is 14.3 Å². The molecule has 0 saturated carbocycles. The second-order valence-electron chi connectivity index (χ2n) is 4.69. The first-order chi connectivity index (χ1) is 9.22. The number of rotatable bonds is 8. The van der Waals surface area contributed by atoms with Crippen molar-refractivity contribution in [2.75, 3.05) is 53.2 Å². The summed E-state index contributed by atoms with van der Waals surface area (Å²) in [6.45, 7) is 4.88. The lowest BCUT2D eigenvalue weighted by Crippen LogP contribution is -2.35. The molecule has 0 radical (unpaired) electrons. The van der Waals surface area contributed by atoms with E-state index in [0.717, 1.165) is 19.6 Å². The van der Waals surface area contributed by atoms with Crippen molar-refractivity contribution in [1.82, 2.24) is 9.80 Å². The molecule has 0 spiro atoms. The molecule has 1 rings (SSSR count). The molecule has 1 aliphatic heterocycles. The highest BCUT2D eigenvalue weighted by molar-refractivity contribution is 5.69. The lowest BCUT2D eigenvalue weighted by atomic mass is 10.3. The third-order valence-electron chi connectivity index (χ3n) is 3.01. The van der Waals surface area contributed by atoms with Gasteiger partial charge in [-0.25, -0.2) is 0 Å². The van der Waals surface area contributed by atoms with Gasteiger partial charge in [0, 0.05) is 39.2 Å². The maximum Gasteiger partial charge on any atom is 0.307 e. The summed E-state index contributed by atoms with van der Waals surface area (Å²) < 4.78 is 10.5. The maximum atomic E-state index is 11.5. The summed E-state index contributed by atoms with van der Waals surface area (Å²) in [5.74, 6) is -0.167. The van der Waals surface area contributed by atoms with Gasteiger partial charge in [0.25, 0.3) is 0 Å². The third-order valence-corrected chi connectivity index (χ3v) is 3.01. The third kappa shape index (κ3) is 7.78. The fourth-order valence-electron chi connectivity index (χ4n) is 1.81. The Labute approximate surface area is 114 Å². The molecule has 0 aromatic rings. The zero-order chi connectivity index (χ0) is 13.9. The van der Waals surface area contributed by atoms with Gasteiger partial charge in [0.1, 0.15) is 6.61 Å². The highest BCUT2D eigenvalue weighted by Gasteiger charge is 2.12. The molecule has 0 N–H and O–H groups in total. The van der Waals surface area contributed by atoms with Gasteiger partial charge >= 0.3 is 5.97 Å². The van der Waals surface area contributed by atoms with Crippen LogP contribution < -0.4 is 0 Å². The van der Waals surface area contributed by atoms with E-state index in [1.54, 1.807) is 0 Å². The van der Waals surface area contributed by atoms with Crippen LogP contribution in [0, 0.1) is 11.3 Å². The van der Waals surface area contributed by atoms with Crippen molar-refractivity contribution in [3.05, 3.63) is 0 Å². The van der Waals surface area contributed by atoms with Crippen LogP contribution in [0.3, 0.4) is 0 Å². The Hall–Kier alpha value is -1.16. The van der Waals surface area contributed by atoms with Gasteiger partial charge in [-0.3, -0.25) is 9.69 Å². The molecule has 0 unspecified atom stereocenters. The molecule has 0 bridgehead atoms. The van der Waals surface area contributed by atoms with Gasteiger partial charge in [0.2, 0.25) is 0 Å². The molecule has 1 fully saturated rings. The van der Waals surface area contributed by atoms with Crippen LogP contribution in [0.15, 0.2) is 0 Å². The molecule has 6 nitrogen and oxygen atoms in total. The van der Waals surface area contributed by atoms with E-state index in [2.05, 4.69) is 11.0 Å². The van der Waals surface area contributed by atoms with Crippen LogP contribution in [0.1, 0.15) is 19.3 Å². The van der Waals surface area contributed by atoms with Gasteiger partial charge < -0.3 is 14.4 Å². The molecule has 19 heavy (non-hydrogen) atoms. The number of carbonyl (C=O) groups excluding carboxylic acids is 1.